The molecule has 0 N–H and O–H groups in total. The van der Waals surface area contributed by atoms with Gasteiger partial charge < -0.3 is 0 Å². The third-order valence-electron chi connectivity index (χ3n) is 1.55. The summed E-state index contributed by atoms with van der Waals surface area (Å²) < 4.78 is 0. The molecular formula is C13H20ORu. The van der Waals surface area contributed by atoms with Gasteiger partial charge >= 0.3 is 0 Å². The van der Waals surface area contributed by atoms with E-state index in [1.807, 2.05) is 52.0 Å². The van der Waals surface area contributed by atoms with Crippen LogP contribution < -0.4 is 0 Å². The van der Waals surface area contributed by atoms with E-state index in [9.17, 15) is 0 Å². The van der Waals surface area contributed by atoms with Crippen molar-refractivity contribution in [2.45, 2.75) is 27.7 Å². The Labute approximate surface area is 107 Å². The third-order valence-corrected chi connectivity index (χ3v) is 1.55. The van der Waals surface area contributed by atoms with Crippen LogP contribution in [0.2, 0.25) is 0 Å². The maximum atomic E-state index is 7.50. The minimum atomic E-state index is 0. The van der Waals surface area contributed by atoms with Gasteiger partial charge in [0.25, 0.3) is 6.79 Å². The second kappa shape index (κ2) is 23.2. The minimum Gasteiger partial charge on any atom is -0.281 e. The van der Waals surface area contributed by atoms with Crippen molar-refractivity contribution < 1.29 is 24.3 Å². The van der Waals surface area contributed by atoms with Crippen molar-refractivity contribution in [3.05, 3.63) is 48.6 Å². The first-order valence-electron chi connectivity index (χ1n) is 4.33. The maximum Gasteiger partial charge on any atom is 0.281 e. The van der Waals surface area contributed by atoms with Gasteiger partial charge in [-0.05, 0) is 27.7 Å². The molecule has 0 amide bonds. The summed E-state index contributed by atoms with van der Waals surface area (Å²) in [6.07, 6.45) is 7.71. The number of rotatable bonds is 2. The summed E-state index contributed by atoms with van der Waals surface area (Å²) in [5.41, 5.74) is 2.46. The Morgan fingerprint density at radius 1 is 0.933 bits per heavy atom. The van der Waals surface area contributed by atoms with Crippen molar-refractivity contribution in [3.8, 4) is 0 Å². The van der Waals surface area contributed by atoms with Crippen LogP contribution in [0.25, 0.3) is 0 Å². The molecule has 15 heavy (non-hydrogen) atoms. The normalized spacial score (nSPS) is 9.33. The fourth-order valence-corrected chi connectivity index (χ4v) is 0.236. The fourth-order valence-electron chi connectivity index (χ4n) is 0.236. The minimum absolute atomic E-state index is 0. The zero-order chi connectivity index (χ0) is 12.0. The molecule has 2 heteroatoms. The molecule has 0 aliphatic heterocycles. The van der Waals surface area contributed by atoms with Crippen LogP contribution >= 0.6 is 0 Å². The van der Waals surface area contributed by atoms with Crippen molar-refractivity contribution in [2.75, 3.05) is 0 Å². The number of hydrogen-bond acceptors (Lipinski definition) is 1. The third kappa shape index (κ3) is 31.9. The van der Waals surface area contributed by atoms with Crippen LogP contribution in [0.15, 0.2) is 48.6 Å². The van der Waals surface area contributed by atoms with Crippen LogP contribution in [0.5, 0.6) is 0 Å². The number of allylic oxidation sites excluding steroid dienone is 6. The largest absolute Gasteiger partial charge is 0.281 e. The van der Waals surface area contributed by atoms with Crippen LogP contribution in [0, 0.1) is 0 Å². The molecule has 0 aromatic carbocycles. The Morgan fingerprint density at radius 3 is 1.13 bits per heavy atom. The van der Waals surface area contributed by atoms with Gasteiger partial charge in [-0.25, -0.2) is 0 Å². The Bertz CT molecular complexity index is 181. The van der Waals surface area contributed by atoms with Crippen molar-refractivity contribution in [1.29, 1.82) is 0 Å². The molecule has 0 saturated heterocycles. The molecule has 0 bridgehead atoms. The second-order valence-electron chi connectivity index (χ2n) is 2.47. The maximum absolute atomic E-state index is 7.50. The summed E-state index contributed by atoms with van der Waals surface area (Å²) in [5.74, 6) is 0. The Balaban J connectivity index is -0.0000000653. The van der Waals surface area contributed by atoms with E-state index in [4.69, 9.17) is 4.79 Å². The average molecular weight is 293 g/mol. The van der Waals surface area contributed by atoms with Gasteiger partial charge in [-0.1, -0.05) is 48.6 Å². The van der Waals surface area contributed by atoms with Crippen LogP contribution in [-0.2, 0) is 24.3 Å². The molecule has 0 rings (SSSR count). The van der Waals surface area contributed by atoms with Gasteiger partial charge in [-0.3, -0.25) is 4.79 Å². The number of hydrogen-bond donors (Lipinski definition) is 0. The van der Waals surface area contributed by atoms with Crippen LogP contribution in [0.4, 0.5) is 0 Å². The molecule has 0 spiro atoms. The van der Waals surface area contributed by atoms with Crippen LogP contribution in [-0.4, -0.2) is 6.79 Å². The van der Waals surface area contributed by atoms with Gasteiger partial charge in [-0.2, -0.15) is 0 Å². The van der Waals surface area contributed by atoms with Gasteiger partial charge in [0.15, 0.2) is 0 Å². The topological polar surface area (TPSA) is 17.1 Å². The van der Waals surface area contributed by atoms with E-state index in [1.54, 1.807) is 0 Å². The van der Waals surface area contributed by atoms with E-state index in [0.29, 0.717) is 0 Å². The molecule has 0 saturated carbocycles. The van der Waals surface area contributed by atoms with E-state index in [0.717, 1.165) is 0 Å². The molecule has 86 valence electrons. The van der Waals surface area contributed by atoms with Crippen LogP contribution in [0.3, 0.4) is 0 Å². The standard InChI is InChI=1S/2C6H10.CO.Ru/c2*1-4-6(3)5-2;1-2;/h2*4-5H,1H2,2-3H3;;. The summed E-state index contributed by atoms with van der Waals surface area (Å²) in [4.78, 5) is 7.50. The summed E-state index contributed by atoms with van der Waals surface area (Å²) in [5, 5.41) is 0. The van der Waals surface area contributed by atoms with E-state index in [-0.39, 0.29) is 19.5 Å². The Morgan fingerprint density at radius 2 is 1.13 bits per heavy atom. The molecule has 2 radical (unpaired) electrons. The summed E-state index contributed by atoms with van der Waals surface area (Å²) >= 11 is 0. The first-order valence-corrected chi connectivity index (χ1v) is 4.33. The van der Waals surface area contributed by atoms with Gasteiger partial charge in [0.2, 0.25) is 0 Å². The molecule has 0 aliphatic carbocycles. The van der Waals surface area contributed by atoms with Crippen LogP contribution in [0.1, 0.15) is 27.7 Å². The fraction of sp³-hybridized carbons (Fsp3) is 0.308. The van der Waals surface area contributed by atoms with Gasteiger partial charge in [0.1, 0.15) is 0 Å². The summed E-state index contributed by atoms with van der Waals surface area (Å²) in [6.45, 7) is 19.7. The Hall–Kier alpha value is -0.747. The van der Waals surface area contributed by atoms with Crippen molar-refractivity contribution in [2.24, 2.45) is 0 Å². The van der Waals surface area contributed by atoms with E-state index in [1.165, 1.54) is 11.1 Å². The van der Waals surface area contributed by atoms with Gasteiger partial charge in [0, 0.05) is 19.5 Å². The first-order chi connectivity index (χ1) is 6.62. The molecule has 0 heterocycles. The summed E-state index contributed by atoms with van der Waals surface area (Å²) in [7, 11) is 0. The molecule has 0 aliphatic rings. The van der Waals surface area contributed by atoms with E-state index < -0.39 is 0 Å². The SMILES string of the molecule is C=CC(C)=CC.C=CC(C)=CC.[C]=O.[Ru]. The molecule has 0 unspecified atom stereocenters. The van der Waals surface area contributed by atoms with Crippen molar-refractivity contribution in [1.82, 2.24) is 0 Å². The molecule has 0 aromatic rings. The molecule has 1 nitrogen and oxygen atoms in total. The number of carbonyl (C=O) groups excluding carboxylic acids is 1. The van der Waals surface area contributed by atoms with Crippen molar-refractivity contribution in [3.63, 3.8) is 0 Å². The first kappa shape index (κ1) is 23.8. The van der Waals surface area contributed by atoms with E-state index >= 15 is 0 Å². The Kier molecular flexibility index (Phi) is 36.9. The van der Waals surface area contributed by atoms with Gasteiger partial charge in [-0.15, -0.1) is 0 Å². The zero-order valence-corrected chi connectivity index (χ0v) is 11.7. The summed E-state index contributed by atoms with van der Waals surface area (Å²) in [6, 6.07) is 0. The molecule has 0 aromatic heterocycles. The zero-order valence-electron chi connectivity index (χ0n) is 9.99. The smallest absolute Gasteiger partial charge is 0.281 e. The monoisotopic (exact) mass is 294 g/mol. The average Bonchev–Trinajstić information content (AvgIpc) is 2.30. The molecular weight excluding hydrogens is 273 g/mol. The predicted octanol–water partition coefficient (Wildman–Crippen LogP) is 3.88. The van der Waals surface area contributed by atoms with E-state index in [2.05, 4.69) is 19.9 Å². The molecule has 0 fully saturated rings. The molecule has 0 atom stereocenters. The second-order valence-corrected chi connectivity index (χ2v) is 2.47. The van der Waals surface area contributed by atoms with Gasteiger partial charge in [0.05, 0.1) is 0 Å². The predicted molar refractivity (Wildman–Crippen MR) is 64.9 cm³/mol. The van der Waals surface area contributed by atoms with Crippen molar-refractivity contribution >= 4 is 6.79 Å². The quantitative estimate of drug-likeness (QED) is 0.558.